The summed E-state index contributed by atoms with van der Waals surface area (Å²) in [6, 6.07) is 25.5. The zero-order chi connectivity index (χ0) is 27.2. The quantitative estimate of drug-likeness (QED) is 0.301. The first kappa shape index (κ1) is 25.8. The standard InChI is InChI=1S/C31H28N2O6/c1-21-7-10-24(11-8-21)37-19-27(34)23-9-13-28-26(17-23)33(30(35)20-38-28)18-25-12-14-29(39-25)31(36)32-16-15-22-5-3-2-4-6-22/h2-14,17H,15-16,18-20H2,1H3,(H,32,36). The molecule has 2 amide bonds. The summed E-state index contributed by atoms with van der Waals surface area (Å²) >= 11 is 0. The molecule has 4 aromatic rings. The number of furan rings is 1. The molecule has 1 aliphatic heterocycles. The Morgan fingerprint density at radius 1 is 0.974 bits per heavy atom. The summed E-state index contributed by atoms with van der Waals surface area (Å²) in [6.07, 6.45) is 0.705. The van der Waals surface area contributed by atoms with Gasteiger partial charge in [-0.1, -0.05) is 48.0 Å². The average molecular weight is 525 g/mol. The number of carbonyl (C=O) groups is 3. The second-order valence-corrected chi connectivity index (χ2v) is 9.23. The second-order valence-electron chi connectivity index (χ2n) is 9.23. The first-order valence-electron chi connectivity index (χ1n) is 12.7. The van der Waals surface area contributed by atoms with Gasteiger partial charge in [0.05, 0.1) is 12.2 Å². The Kier molecular flexibility index (Phi) is 7.73. The first-order valence-corrected chi connectivity index (χ1v) is 12.7. The molecular formula is C31H28N2O6. The Hall–Kier alpha value is -4.85. The normalized spacial score (nSPS) is 12.4. The Bertz CT molecular complexity index is 1480. The van der Waals surface area contributed by atoms with Gasteiger partial charge in [0.15, 0.2) is 24.8 Å². The minimum Gasteiger partial charge on any atom is -0.485 e. The fourth-order valence-corrected chi connectivity index (χ4v) is 4.21. The molecule has 1 aliphatic rings. The van der Waals surface area contributed by atoms with Crippen LogP contribution in [0.2, 0.25) is 0 Å². The highest BCUT2D eigenvalue weighted by molar-refractivity contribution is 6.02. The number of carbonyl (C=O) groups excluding carboxylic acids is 3. The number of nitrogens with one attached hydrogen (secondary N) is 1. The van der Waals surface area contributed by atoms with Crippen LogP contribution in [0.25, 0.3) is 0 Å². The maximum absolute atomic E-state index is 12.8. The predicted octanol–water partition coefficient (Wildman–Crippen LogP) is 4.75. The molecule has 0 atom stereocenters. The number of amides is 2. The van der Waals surface area contributed by atoms with E-state index in [9.17, 15) is 14.4 Å². The molecule has 2 heterocycles. The van der Waals surface area contributed by atoms with E-state index < -0.39 is 0 Å². The van der Waals surface area contributed by atoms with Crippen molar-refractivity contribution in [3.8, 4) is 11.5 Å². The van der Waals surface area contributed by atoms with Gasteiger partial charge in [-0.15, -0.1) is 0 Å². The van der Waals surface area contributed by atoms with Gasteiger partial charge in [0.2, 0.25) is 0 Å². The van der Waals surface area contributed by atoms with Gasteiger partial charge in [0, 0.05) is 12.1 Å². The summed E-state index contributed by atoms with van der Waals surface area (Å²) in [4.78, 5) is 39.6. The number of Topliss-reactive ketones (excluding diaryl/α,β-unsaturated/α-hetero) is 1. The molecule has 0 bridgehead atoms. The number of nitrogens with zero attached hydrogens (tertiary/aromatic N) is 1. The van der Waals surface area contributed by atoms with Gasteiger partial charge < -0.3 is 19.2 Å². The summed E-state index contributed by atoms with van der Waals surface area (Å²) in [5.41, 5.74) is 3.07. The summed E-state index contributed by atoms with van der Waals surface area (Å²) in [7, 11) is 0. The number of rotatable bonds is 10. The summed E-state index contributed by atoms with van der Waals surface area (Å²) < 4.78 is 17.0. The third-order valence-electron chi connectivity index (χ3n) is 6.36. The van der Waals surface area contributed by atoms with E-state index in [-0.39, 0.29) is 43.1 Å². The lowest BCUT2D eigenvalue weighted by Crippen LogP contribution is -2.38. The van der Waals surface area contributed by atoms with E-state index in [1.807, 2.05) is 61.5 Å². The van der Waals surface area contributed by atoms with E-state index in [0.717, 1.165) is 11.1 Å². The molecule has 1 N–H and O–H groups in total. The maximum Gasteiger partial charge on any atom is 0.287 e. The molecule has 0 fully saturated rings. The fourth-order valence-electron chi connectivity index (χ4n) is 4.21. The number of aryl methyl sites for hydroxylation is 1. The van der Waals surface area contributed by atoms with Crippen molar-refractivity contribution in [1.82, 2.24) is 5.32 Å². The number of anilines is 1. The van der Waals surface area contributed by atoms with Crippen LogP contribution in [-0.4, -0.2) is 37.4 Å². The minimum absolute atomic E-state index is 0.0873. The molecule has 0 radical (unpaired) electrons. The number of ether oxygens (including phenoxy) is 2. The van der Waals surface area contributed by atoms with Crippen molar-refractivity contribution in [2.75, 3.05) is 24.7 Å². The Morgan fingerprint density at radius 2 is 1.77 bits per heavy atom. The molecule has 39 heavy (non-hydrogen) atoms. The summed E-state index contributed by atoms with van der Waals surface area (Å²) in [6.45, 7) is 2.26. The van der Waals surface area contributed by atoms with Crippen LogP contribution in [0.1, 0.15) is 37.8 Å². The molecule has 0 saturated heterocycles. The van der Waals surface area contributed by atoms with Crippen molar-refractivity contribution >= 4 is 23.3 Å². The number of ketones is 1. The van der Waals surface area contributed by atoms with E-state index >= 15 is 0 Å². The van der Waals surface area contributed by atoms with Crippen molar-refractivity contribution < 1.29 is 28.3 Å². The molecule has 0 spiro atoms. The average Bonchev–Trinajstić information content (AvgIpc) is 3.43. The van der Waals surface area contributed by atoms with E-state index in [1.54, 1.807) is 30.3 Å². The molecule has 5 rings (SSSR count). The van der Waals surface area contributed by atoms with Crippen LogP contribution in [0.15, 0.2) is 89.3 Å². The van der Waals surface area contributed by atoms with Crippen molar-refractivity contribution in [3.63, 3.8) is 0 Å². The van der Waals surface area contributed by atoms with Gasteiger partial charge in [0.25, 0.3) is 11.8 Å². The van der Waals surface area contributed by atoms with Gasteiger partial charge in [-0.3, -0.25) is 19.3 Å². The van der Waals surface area contributed by atoms with Gasteiger partial charge >= 0.3 is 0 Å². The Balaban J connectivity index is 1.23. The van der Waals surface area contributed by atoms with E-state index in [4.69, 9.17) is 13.9 Å². The highest BCUT2D eigenvalue weighted by Crippen LogP contribution is 2.34. The highest BCUT2D eigenvalue weighted by atomic mass is 16.5. The monoisotopic (exact) mass is 524 g/mol. The van der Waals surface area contributed by atoms with Crippen LogP contribution in [0.3, 0.4) is 0 Å². The van der Waals surface area contributed by atoms with Crippen LogP contribution >= 0.6 is 0 Å². The van der Waals surface area contributed by atoms with Crippen molar-refractivity contribution in [3.05, 3.63) is 113 Å². The minimum atomic E-state index is -0.327. The molecular weight excluding hydrogens is 496 g/mol. The lowest BCUT2D eigenvalue weighted by atomic mass is 10.1. The van der Waals surface area contributed by atoms with Crippen LogP contribution in [0.5, 0.6) is 11.5 Å². The van der Waals surface area contributed by atoms with Crippen LogP contribution in [0.4, 0.5) is 5.69 Å². The number of hydrogen-bond acceptors (Lipinski definition) is 6. The van der Waals surface area contributed by atoms with Gasteiger partial charge in [-0.05, 0) is 61.4 Å². The number of hydrogen-bond donors (Lipinski definition) is 1. The van der Waals surface area contributed by atoms with E-state index in [0.29, 0.717) is 41.5 Å². The highest BCUT2D eigenvalue weighted by Gasteiger charge is 2.28. The number of fused-ring (bicyclic) bond motifs is 1. The van der Waals surface area contributed by atoms with Crippen molar-refractivity contribution in [2.24, 2.45) is 0 Å². The van der Waals surface area contributed by atoms with Crippen molar-refractivity contribution in [1.29, 1.82) is 0 Å². The van der Waals surface area contributed by atoms with Gasteiger partial charge in [-0.25, -0.2) is 0 Å². The molecule has 198 valence electrons. The van der Waals surface area contributed by atoms with Crippen LogP contribution < -0.4 is 19.7 Å². The Labute approximate surface area is 226 Å². The molecule has 8 nitrogen and oxygen atoms in total. The third-order valence-corrected chi connectivity index (χ3v) is 6.36. The Morgan fingerprint density at radius 3 is 2.56 bits per heavy atom. The zero-order valence-corrected chi connectivity index (χ0v) is 21.5. The molecule has 8 heteroatoms. The molecule has 1 aromatic heterocycles. The lowest BCUT2D eigenvalue weighted by Gasteiger charge is -2.29. The number of benzene rings is 3. The van der Waals surface area contributed by atoms with Gasteiger partial charge in [-0.2, -0.15) is 0 Å². The SMILES string of the molecule is Cc1ccc(OCC(=O)c2ccc3c(c2)N(Cc2ccc(C(=O)NCCc4ccccc4)o2)C(=O)CO3)cc1. The smallest absolute Gasteiger partial charge is 0.287 e. The molecule has 0 unspecified atom stereocenters. The predicted molar refractivity (Wildman–Crippen MR) is 145 cm³/mol. The summed E-state index contributed by atoms with van der Waals surface area (Å²) in [5.74, 6) is 0.838. The summed E-state index contributed by atoms with van der Waals surface area (Å²) in [5, 5.41) is 2.85. The van der Waals surface area contributed by atoms with E-state index in [2.05, 4.69) is 5.32 Å². The lowest BCUT2D eigenvalue weighted by molar-refractivity contribution is -0.121. The maximum atomic E-state index is 12.8. The largest absolute Gasteiger partial charge is 0.485 e. The van der Waals surface area contributed by atoms with Crippen LogP contribution in [-0.2, 0) is 17.8 Å². The first-order chi connectivity index (χ1) is 19.0. The third kappa shape index (κ3) is 6.35. The topological polar surface area (TPSA) is 98.1 Å². The molecule has 0 saturated carbocycles. The molecule has 3 aromatic carbocycles. The molecule has 0 aliphatic carbocycles. The van der Waals surface area contributed by atoms with E-state index in [1.165, 1.54) is 4.90 Å². The van der Waals surface area contributed by atoms with Crippen molar-refractivity contribution in [2.45, 2.75) is 19.9 Å². The van der Waals surface area contributed by atoms with Crippen LogP contribution in [0, 0.1) is 6.92 Å². The fraction of sp³-hybridized carbons (Fsp3) is 0.194. The van der Waals surface area contributed by atoms with Gasteiger partial charge in [0.1, 0.15) is 17.3 Å². The zero-order valence-electron chi connectivity index (χ0n) is 21.5. The second kappa shape index (κ2) is 11.7.